The molecule has 28 heavy (non-hydrogen) atoms. The molecule has 5 nitrogen and oxygen atoms in total. The predicted molar refractivity (Wildman–Crippen MR) is 119 cm³/mol. The number of aliphatic imine (C=N–C) groups is 1. The average Bonchev–Trinajstić information content (AvgIpc) is 2.54. The van der Waals surface area contributed by atoms with Crippen LogP contribution in [-0.4, -0.2) is 43.9 Å². The second kappa shape index (κ2) is 12.4. The van der Waals surface area contributed by atoms with Crippen molar-refractivity contribution in [1.82, 2.24) is 16.0 Å². The van der Waals surface area contributed by atoms with Gasteiger partial charge in [0.15, 0.2) is 12.6 Å². The summed E-state index contributed by atoms with van der Waals surface area (Å²) >= 11 is 0. The molecule has 0 aliphatic rings. The molecule has 0 bridgehead atoms. The molecule has 9 heteroatoms. The van der Waals surface area contributed by atoms with Crippen LogP contribution in [-0.2, 0) is 6.54 Å². The fourth-order valence-electron chi connectivity index (χ4n) is 2.21. The summed E-state index contributed by atoms with van der Waals surface area (Å²) in [4.78, 5) is 4.46. The highest BCUT2D eigenvalue weighted by Crippen LogP contribution is 2.24. The van der Waals surface area contributed by atoms with E-state index in [0.717, 1.165) is 12.1 Å². The van der Waals surface area contributed by atoms with Crippen molar-refractivity contribution in [3.63, 3.8) is 0 Å². The van der Waals surface area contributed by atoms with Crippen LogP contribution in [0.5, 0.6) is 5.75 Å². The van der Waals surface area contributed by atoms with Crippen molar-refractivity contribution < 1.29 is 17.9 Å². The molecule has 0 heterocycles. The molecular formula is C19H32F3IN4O. The summed E-state index contributed by atoms with van der Waals surface area (Å²) < 4.78 is 42.4. The lowest BCUT2D eigenvalue weighted by Gasteiger charge is -2.21. The number of nitrogens with zero attached hydrogens (tertiary/aromatic N) is 1. The summed E-state index contributed by atoms with van der Waals surface area (Å²) in [5, 5.41) is 9.70. The maximum Gasteiger partial charge on any atom is 0.422 e. The standard InChI is InChI=1S/C19H31F3N4O.HI/c1-6-23-17(24-9-10-26-18(3,4)5)25-12-15-8-7-14(2)11-16(15)27-13-19(20,21)22;/h7-8,11,26H,6,9-10,12-13H2,1-5H3,(H2,23,24,25);1H. The van der Waals surface area contributed by atoms with E-state index in [1.807, 2.05) is 13.0 Å². The Kier molecular flexibility index (Phi) is 11.8. The lowest BCUT2D eigenvalue weighted by molar-refractivity contribution is -0.153. The van der Waals surface area contributed by atoms with Gasteiger partial charge in [0.25, 0.3) is 0 Å². The van der Waals surface area contributed by atoms with Gasteiger partial charge < -0.3 is 20.7 Å². The normalized spacial score (nSPS) is 12.4. The first kappa shape index (κ1) is 26.8. The van der Waals surface area contributed by atoms with E-state index in [1.165, 1.54) is 0 Å². The van der Waals surface area contributed by atoms with E-state index in [1.54, 1.807) is 19.1 Å². The van der Waals surface area contributed by atoms with Gasteiger partial charge in [0, 0.05) is 30.7 Å². The molecule has 1 aromatic rings. The van der Waals surface area contributed by atoms with E-state index in [2.05, 4.69) is 41.7 Å². The maximum atomic E-state index is 12.5. The van der Waals surface area contributed by atoms with E-state index >= 15 is 0 Å². The van der Waals surface area contributed by atoms with Gasteiger partial charge in [-0.1, -0.05) is 12.1 Å². The predicted octanol–water partition coefficient (Wildman–Crippen LogP) is 4.00. The van der Waals surface area contributed by atoms with Crippen LogP contribution in [0.2, 0.25) is 0 Å². The zero-order valence-electron chi connectivity index (χ0n) is 17.2. The number of alkyl halides is 3. The second-order valence-electron chi connectivity index (χ2n) is 7.31. The number of guanidine groups is 1. The highest BCUT2D eigenvalue weighted by molar-refractivity contribution is 14.0. The molecular weight excluding hydrogens is 484 g/mol. The summed E-state index contributed by atoms with van der Waals surface area (Å²) in [6.45, 7) is 11.1. The molecule has 0 spiro atoms. The van der Waals surface area contributed by atoms with Gasteiger partial charge in [0.2, 0.25) is 0 Å². The van der Waals surface area contributed by atoms with Gasteiger partial charge in [0.1, 0.15) is 5.75 Å². The number of hydrogen-bond donors (Lipinski definition) is 3. The van der Waals surface area contributed by atoms with Gasteiger partial charge in [-0.05, 0) is 46.2 Å². The van der Waals surface area contributed by atoms with Crippen LogP contribution < -0.4 is 20.7 Å². The number of benzene rings is 1. The number of aryl methyl sites for hydroxylation is 1. The summed E-state index contributed by atoms with van der Waals surface area (Å²) in [6.07, 6.45) is -4.37. The molecule has 0 unspecified atom stereocenters. The van der Waals surface area contributed by atoms with E-state index in [4.69, 9.17) is 4.74 Å². The monoisotopic (exact) mass is 516 g/mol. The van der Waals surface area contributed by atoms with E-state index in [-0.39, 0.29) is 41.8 Å². The Balaban J connectivity index is 0.00000729. The van der Waals surface area contributed by atoms with Gasteiger partial charge >= 0.3 is 6.18 Å². The lowest BCUT2D eigenvalue weighted by atomic mass is 10.1. The average molecular weight is 516 g/mol. The Morgan fingerprint density at radius 1 is 1.11 bits per heavy atom. The van der Waals surface area contributed by atoms with Crippen molar-refractivity contribution >= 4 is 29.9 Å². The third-order valence-electron chi connectivity index (χ3n) is 3.44. The molecule has 162 valence electrons. The van der Waals surface area contributed by atoms with E-state index in [0.29, 0.717) is 24.6 Å². The van der Waals surface area contributed by atoms with Crippen molar-refractivity contribution in [1.29, 1.82) is 0 Å². The van der Waals surface area contributed by atoms with Crippen LogP contribution >= 0.6 is 24.0 Å². The summed E-state index contributed by atoms with van der Waals surface area (Å²) in [5.74, 6) is 0.817. The first-order valence-corrected chi connectivity index (χ1v) is 9.06. The van der Waals surface area contributed by atoms with Gasteiger partial charge in [-0.15, -0.1) is 24.0 Å². The zero-order chi connectivity index (χ0) is 20.5. The molecule has 0 saturated heterocycles. The minimum atomic E-state index is -4.37. The Morgan fingerprint density at radius 3 is 2.36 bits per heavy atom. The van der Waals surface area contributed by atoms with Gasteiger partial charge in [-0.3, -0.25) is 0 Å². The van der Waals surface area contributed by atoms with Crippen LogP contribution in [0.1, 0.15) is 38.8 Å². The molecule has 0 amide bonds. The Labute approximate surface area is 182 Å². The topological polar surface area (TPSA) is 57.7 Å². The largest absolute Gasteiger partial charge is 0.484 e. The summed E-state index contributed by atoms with van der Waals surface area (Å²) in [6, 6.07) is 5.18. The Hall–Kier alpha value is -1.23. The van der Waals surface area contributed by atoms with Crippen LogP contribution in [0.25, 0.3) is 0 Å². The minimum Gasteiger partial charge on any atom is -0.484 e. The lowest BCUT2D eigenvalue weighted by Crippen LogP contribution is -2.44. The van der Waals surface area contributed by atoms with E-state index in [9.17, 15) is 13.2 Å². The smallest absolute Gasteiger partial charge is 0.422 e. The van der Waals surface area contributed by atoms with Gasteiger partial charge in [-0.2, -0.15) is 13.2 Å². The van der Waals surface area contributed by atoms with Crippen LogP contribution in [0.3, 0.4) is 0 Å². The third-order valence-corrected chi connectivity index (χ3v) is 3.44. The summed E-state index contributed by atoms with van der Waals surface area (Å²) in [5.41, 5.74) is 1.47. The molecule has 0 aromatic heterocycles. The first-order valence-electron chi connectivity index (χ1n) is 9.06. The fourth-order valence-corrected chi connectivity index (χ4v) is 2.21. The molecule has 0 aliphatic carbocycles. The van der Waals surface area contributed by atoms with Crippen LogP contribution in [0.15, 0.2) is 23.2 Å². The zero-order valence-corrected chi connectivity index (χ0v) is 19.5. The number of halogens is 4. The van der Waals surface area contributed by atoms with Crippen molar-refractivity contribution in [3.8, 4) is 5.75 Å². The van der Waals surface area contributed by atoms with E-state index < -0.39 is 12.8 Å². The summed E-state index contributed by atoms with van der Waals surface area (Å²) in [7, 11) is 0. The van der Waals surface area contributed by atoms with Crippen molar-refractivity contribution in [2.24, 2.45) is 4.99 Å². The molecule has 0 radical (unpaired) electrons. The second-order valence-corrected chi connectivity index (χ2v) is 7.31. The maximum absolute atomic E-state index is 12.5. The first-order chi connectivity index (χ1) is 12.5. The molecule has 0 saturated carbocycles. The van der Waals surface area contributed by atoms with Crippen molar-refractivity contribution in [2.45, 2.75) is 52.9 Å². The highest BCUT2D eigenvalue weighted by Gasteiger charge is 2.28. The van der Waals surface area contributed by atoms with Gasteiger partial charge in [0.05, 0.1) is 6.54 Å². The molecule has 0 aliphatic heterocycles. The molecule has 0 fully saturated rings. The highest BCUT2D eigenvalue weighted by atomic mass is 127. The molecule has 0 atom stereocenters. The fraction of sp³-hybridized carbons (Fsp3) is 0.632. The van der Waals surface area contributed by atoms with Crippen LogP contribution in [0, 0.1) is 6.92 Å². The Bertz CT molecular complexity index is 616. The number of rotatable bonds is 8. The van der Waals surface area contributed by atoms with Crippen molar-refractivity contribution in [2.75, 3.05) is 26.2 Å². The SMILES string of the molecule is CCNC(=NCc1ccc(C)cc1OCC(F)(F)F)NCCNC(C)(C)C.I. The number of nitrogens with one attached hydrogen (secondary N) is 3. The molecule has 3 N–H and O–H groups in total. The number of hydrogen-bond acceptors (Lipinski definition) is 3. The quantitative estimate of drug-likeness (QED) is 0.212. The van der Waals surface area contributed by atoms with Crippen molar-refractivity contribution in [3.05, 3.63) is 29.3 Å². The molecule has 1 aromatic carbocycles. The van der Waals surface area contributed by atoms with Gasteiger partial charge in [-0.25, -0.2) is 4.99 Å². The minimum absolute atomic E-state index is 0. The van der Waals surface area contributed by atoms with Crippen LogP contribution in [0.4, 0.5) is 13.2 Å². The third kappa shape index (κ3) is 12.3. The molecule has 1 rings (SSSR count). The number of ether oxygens (including phenoxy) is 1. The Morgan fingerprint density at radius 2 is 1.79 bits per heavy atom.